The summed E-state index contributed by atoms with van der Waals surface area (Å²) in [7, 11) is 0. The van der Waals surface area contributed by atoms with Crippen LogP contribution in [0.15, 0.2) is 35.1 Å². The predicted molar refractivity (Wildman–Crippen MR) is 65.5 cm³/mol. The van der Waals surface area contributed by atoms with E-state index in [0.29, 0.717) is 16.7 Å². The van der Waals surface area contributed by atoms with E-state index in [1.807, 2.05) is 0 Å². The fraction of sp³-hybridized carbons (Fsp3) is 0.0833. The van der Waals surface area contributed by atoms with E-state index >= 15 is 0 Å². The first-order valence-electron chi connectivity index (χ1n) is 5.63. The molecule has 1 amide bonds. The van der Waals surface area contributed by atoms with Crippen LogP contribution in [0, 0.1) is 0 Å². The maximum absolute atomic E-state index is 12.5. The second-order valence-corrected chi connectivity index (χ2v) is 3.99. The zero-order valence-corrected chi connectivity index (χ0v) is 9.93. The van der Waals surface area contributed by atoms with E-state index in [0.717, 1.165) is 0 Å². The zero-order valence-electron chi connectivity index (χ0n) is 9.93. The summed E-state index contributed by atoms with van der Waals surface area (Å²) in [5.74, 6) is -0.855. The van der Waals surface area contributed by atoms with E-state index in [9.17, 15) is 13.6 Å². The van der Waals surface area contributed by atoms with Crippen LogP contribution in [0.2, 0.25) is 0 Å². The van der Waals surface area contributed by atoms with Crippen molar-refractivity contribution in [3.8, 4) is 0 Å². The van der Waals surface area contributed by atoms with Crippen molar-refractivity contribution < 1.29 is 18.1 Å². The lowest BCUT2D eigenvalue weighted by molar-refractivity contribution is 0.101. The molecular formula is C12H8F2N4O2. The first-order valence-corrected chi connectivity index (χ1v) is 5.63. The fourth-order valence-electron chi connectivity index (χ4n) is 1.74. The third-order valence-electron chi connectivity index (χ3n) is 2.64. The molecule has 1 aromatic carbocycles. The molecule has 0 radical (unpaired) electrons. The number of carbonyl (C=O) groups is 1. The summed E-state index contributed by atoms with van der Waals surface area (Å²) >= 11 is 0. The molecule has 0 aliphatic carbocycles. The van der Waals surface area contributed by atoms with Gasteiger partial charge in [0.1, 0.15) is 6.26 Å². The van der Waals surface area contributed by atoms with Crippen molar-refractivity contribution in [2.24, 2.45) is 0 Å². The number of carbonyl (C=O) groups excluding carboxylic acids is 1. The maximum atomic E-state index is 12.5. The van der Waals surface area contributed by atoms with Gasteiger partial charge in [-0.05, 0) is 18.2 Å². The molecule has 0 aliphatic heterocycles. The Kier molecular flexibility index (Phi) is 2.90. The van der Waals surface area contributed by atoms with Gasteiger partial charge in [-0.3, -0.25) is 4.79 Å². The van der Waals surface area contributed by atoms with Crippen LogP contribution in [0.25, 0.3) is 11.0 Å². The molecule has 102 valence electrons. The van der Waals surface area contributed by atoms with Crippen molar-refractivity contribution >= 4 is 22.6 Å². The summed E-state index contributed by atoms with van der Waals surface area (Å²) in [6, 6.07) is 6.04. The lowest BCUT2D eigenvalue weighted by Crippen LogP contribution is -2.11. The van der Waals surface area contributed by atoms with Crippen molar-refractivity contribution in [1.29, 1.82) is 0 Å². The topological polar surface area (TPSA) is 83.8 Å². The van der Waals surface area contributed by atoms with Crippen molar-refractivity contribution in [1.82, 2.24) is 15.1 Å². The average molecular weight is 278 g/mol. The number of hydrogen-bond acceptors (Lipinski definition) is 4. The monoisotopic (exact) mass is 278 g/mol. The summed E-state index contributed by atoms with van der Waals surface area (Å²) in [4.78, 5) is 18.0. The Morgan fingerprint density at radius 1 is 1.35 bits per heavy atom. The predicted octanol–water partition coefficient (Wildman–Crippen LogP) is 2.74. The van der Waals surface area contributed by atoms with Crippen LogP contribution >= 0.6 is 0 Å². The highest BCUT2D eigenvalue weighted by Gasteiger charge is 2.14. The number of aromatic nitrogens is 3. The largest absolute Gasteiger partial charge is 0.364 e. The molecule has 3 aromatic rings. The van der Waals surface area contributed by atoms with Crippen LogP contribution in [-0.4, -0.2) is 21.0 Å². The number of anilines is 1. The number of nitrogens with zero attached hydrogens (tertiary/aromatic N) is 2. The van der Waals surface area contributed by atoms with Crippen LogP contribution < -0.4 is 5.32 Å². The van der Waals surface area contributed by atoms with Crippen LogP contribution in [0.1, 0.15) is 22.7 Å². The van der Waals surface area contributed by atoms with Crippen molar-refractivity contribution in [3.63, 3.8) is 0 Å². The average Bonchev–Trinajstić information content (AvgIpc) is 3.07. The Morgan fingerprint density at radius 2 is 2.20 bits per heavy atom. The number of amides is 1. The Bertz CT molecular complexity index is 752. The van der Waals surface area contributed by atoms with E-state index in [2.05, 4.69) is 25.0 Å². The molecular weight excluding hydrogens is 270 g/mol. The summed E-state index contributed by atoms with van der Waals surface area (Å²) in [6.45, 7) is 0. The quantitative estimate of drug-likeness (QED) is 0.771. The molecule has 0 saturated heterocycles. The number of imidazole rings is 1. The minimum Gasteiger partial charge on any atom is -0.364 e. The summed E-state index contributed by atoms with van der Waals surface area (Å²) in [5, 5.41) is 6.07. The second kappa shape index (κ2) is 4.72. The number of fused-ring (bicyclic) bond motifs is 1. The molecule has 0 spiro atoms. The second-order valence-electron chi connectivity index (χ2n) is 3.99. The van der Waals surface area contributed by atoms with Gasteiger partial charge in [0.2, 0.25) is 0 Å². The zero-order chi connectivity index (χ0) is 14.1. The molecule has 0 saturated carbocycles. The summed E-state index contributed by atoms with van der Waals surface area (Å²) in [5.41, 5.74) is 1.39. The highest BCUT2D eigenvalue weighted by Crippen LogP contribution is 2.22. The van der Waals surface area contributed by atoms with E-state index in [1.54, 1.807) is 6.07 Å². The summed E-state index contributed by atoms with van der Waals surface area (Å²) < 4.78 is 29.6. The van der Waals surface area contributed by atoms with Gasteiger partial charge in [-0.15, -0.1) is 0 Å². The van der Waals surface area contributed by atoms with Crippen molar-refractivity contribution in [2.75, 3.05) is 5.32 Å². The minimum atomic E-state index is -2.67. The van der Waals surface area contributed by atoms with Gasteiger partial charge in [-0.1, -0.05) is 5.16 Å². The number of rotatable bonds is 3. The number of H-pyrrole nitrogens is 1. The van der Waals surface area contributed by atoms with E-state index < -0.39 is 18.2 Å². The Morgan fingerprint density at radius 3 is 2.90 bits per heavy atom. The van der Waals surface area contributed by atoms with Gasteiger partial charge in [0.15, 0.2) is 11.5 Å². The molecule has 2 heterocycles. The molecule has 6 nitrogen and oxygen atoms in total. The van der Waals surface area contributed by atoms with Gasteiger partial charge in [-0.2, -0.15) is 0 Å². The van der Waals surface area contributed by atoms with Gasteiger partial charge >= 0.3 is 0 Å². The van der Waals surface area contributed by atoms with Crippen molar-refractivity contribution in [2.45, 2.75) is 6.43 Å². The highest BCUT2D eigenvalue weighted by atomic mass is 19.3. The Labute approximate surface area is 110 Å². The third-order valence-corrected chi connectivity index (χ3v) is 2.64. The lowest BCUT2D eigenvalue weighted by atomic mass is 10.2. The number of hydrogen-bond donors (Lipinski definition) is 2. The molecule has 3 rings (SSSR count). The fourth-order valence-corrected chi connectivity index (χ4v) is 1.74. The normalized spacial score (nSPS) is 11.2. The van der Waals surface area contributed by atoms with Gasteiger partial charge in [0, 0.05) is 11.8 Å². The van der Waals surface area contributed by atoms with Gasteiger partial charge in [-0.25, -0.2) is 13.8 Å². The van der Waals surface area contributed by atoms with E-state index in [1.165, 1.54) is 24.5 Å². The third kappa shape index (κ3) is 2.22. The molecule has 0 atom stereocenters. The lowest BCUT2D eigenvalue weighted by Gasteiger charge is -2.02. The van der Waals surface area contributed by atoms with Gasteiger partial charge in [0.05, 0.1) is 11.0 Å². The molecule has 0 bridgehead atoms. The highest BCUT2D eigenvalue weighted by molar-refractivity contribution is 6.03. The Balaban J connectivity index is 1.87. The van der Waals surface area contributed by atoms with Gasteiger partial charge < -0.3 is 14.8 Å². The summed E-state index contributed by atoms with van der Waals surface area (Å²) in [6.07, 6.45) is -1.39. The molecule has 0 fully saturated rings. The van der Waals surface area contributed by atoms with E-state index in [4.69, 9.17) is 0 Å². The molecule has 20 heavy (non-hydrogen) atoms. The maximum Gasteiger partial charge on any atom is 0.295 e. The number of aromatic amines is 1. The smallest absolute Gasteiger partial charge is 0.295 e. The molecule has 0 aliphatic rings. The Hall–Kier alpha value is -2.77. The minimum absolute atomic E-state index is 0.128. The molecule has 8 heteroatoms. The molecule has 2 N–H and O–H groups in total. The first-order chi connectivity index (χ1) is 9.63. The van der Waals surface area contributed by atoms with Gasteiger partial charge in [0.25, 0.3) is 12.3 Å². The van der Waals surface area contributed by atoms with Crippen LogP contribution in [0.5, 0.6) is 0 Å². The van der Waals surface area contributed by atoms with Crippen LogP contribution in [0.3, 0.4) is 0 Å². The number of nitrogens with one attached hydrogen (secondary N) is 2. The standard InChI is InChI=1S/C12H8F2N4O2/c13-10(14)11-16-7-2-1-6(5-9(7)17-11)15-12(19)8-3-4-20-18-8/h1-5,10H,(H,15,19)(H,16,17). The van der Waals surface area contributed by atoms with Crippen molar-refractivity contribution in [3.05, 3.63) is 42.0 Å². The molecule has 2 aromatic heterocycles. The first kappa shape index (κ1) is 12.3. The molecule has 0 unspecified atom stereocenters. The number of halogens is 2. The number of alkyl halides is 2. The van der Waals surface area contributed by atoms with E-state index in [-0.39, 0.29) is 5.69 Å². The van der Waals surface area contributed by atoms with Crippen LogP contribution in [-0.2, 0) is 0 Å². The SMILES string of the molecule is O=C(Nc1ccc2nc(C(F)F)[nH]c2c1)c1ccon1. The van der Waals surface area contributed by atoms with Crippen LogP contribution in [0.4, 0.5) is 14.5 Å². The number of benzene rings is 1.